The van der Waals surface area contributed by atoms with Crippen LogP contribution < -0.4 is 11.1 Å². The van der Waals surface area contributed by atoms with E-state index in [1.165, 1.54) is 6.07 Å². The van der Waals surface area contributed by atoms with E-state index in [-0.39, 0.29) is 34.1 Å². The molecule has 4 aromatic rings. The molecule has 0 aliphatic carbocycles. The molecule has 186 valence electrons. The molecule has 4 aromatic heterocycles. The number of aliphatic hydroxyl groups excluding tert-OH is 1. The number of amides is 1. The van der Waals surface area contributed by atoms with Crippen molar-refractivity contribution in [3.05, 3.63) is 59.4 Å². The van der Waals surface area contributed by atoms with Gasteiger partial charge in [-0.25, -0.2) is 24.9 Å². The molecule has 0 aliphatic heterocycles. The number of fused-ring (bicyclic) bond motifs is 1. The number of alkyl halides is 6. The highest BCUT2D eigenvalue weighted by molar-refractivity contribution is 5.93. The summed E-state index contributed by atoms with van der Waals surface area (Å²) < 4.78 is 79.1. The van der Waals surface area contributed by atoms with Crippen LogP contribution in [0.3, 0.4) is 0 Å². The van der Waals surface area contributed by atoms with Gasteiger partial charge < -0.3 is 16.2 Å². The molecule has 4 heterocycles. The number of rotatable bonds is 5. The first-order valence-corrected chi connectivity index (χ1v) is 9.68. The second-order valence-corrected chi connectivity index (χ2v) is 7.14. The van der Waals surface area contributed by atoms with Crippen LogP contribution in [0.2, 0.25) is 0 Å². The van der Waals surface area contributed by atoms with E-state index < -0.39 is 47.4 Å². The summed E-state index contributed by atoms with van der Waals surface area (Å²) in [5.74, 6) is -1.23. The molecule has 4 N–H and O–H groups in total. The van der Waals surface area contributed by atoms with Crippen molar-refractivity contribution in [1.82, 2.24) is 29.9 Å². The number of aliphatic hydroxyl groups is 1. The van der Waals surface area contributed by atoms with Crippen LogP contribution in [0.5, 0.6) is 0 Å². The van der Waals surface area contributed by atoms with Crippen LogP contribution in [0.4, 0.5) is 37.8 Å². The van der Waals surface area contributed by atoms with Crippen molar-refractivity contribution in [3.63, 3.8) is 0 Å². The Bertz CT molecular complexity index is 1460. The number of aromatic nitrogens is 6. The molecule has 0 aliphatic rings. The lowest BCUT2D eigenvalue weighted by atomic mass is 10.1. The number of hydrogen-bond acceptors (Lipinski definition) is 9. The zero-order chi connectivity index (χ0) is 26.3. The minimum Gasteiger partial charge on any atom is -0.390 e. The fourth-order valence-corrected chi connectivity index (χ4v) is 3.04. The Balaban J connectivity index is 1.80. The van der Waals surface area contributed by atoms with Crippen molar-refractivity contribution < 1.29 is 36.2 Å². The molecule has 0 saturated carbocycles. The van der Waals surface area contributed by atoms with Gasteiger partial charge in [-0.15, -0.1) is 0 Å². The molecule has 0 aromatic carbocycles. The molecule has 0 radical (unpaired) electrons. The molecule has 36 heavy (non-hydrogen) atoms. The summed E-state index contributed by atoms with van der Waals surface area (Å²) in [5, 5.41) is 12.2. The first kappa shape index (κ1) is 24.6. The number of nitrogens with one attached hydrogen (secondary N) is 1. The summed E-state index contributed by atoms with van der Waals surface area (Å²) in [7, 11) is 0. The van der Waals surface area contributed by atoms with Gasteiger partial charge in [-0.2, -0.15) is 26.3 Å². The molecule has 0 atom stereocenters. The number of nitrogens with two attached hydrogens (primary N) is 1. The van der Waals surface area contributed by atoms with Gasteiger partial charge in [0.2, 0.25) is 5.91 Å². The molecule has 16 heteroatoms. The van der Waals surface area contributed by atoms with E-state index in [9.17, 15) is 36.2 Å². The van der Waals surface area contributed by atoms with Gasteiger partial charge in [0.1, 0.15) is 22.7 Å². The standard InChI is InChI=1S/C20H12F6N8O2/c21-19(22,23)10-1-8(17(27)36)3-30-15(10)12-4-31-16-11(2-9(7-35)32-18(16)34-12)33-14-6-28-13(5-29-14)20(24,25)26/h1-6,35H,7H2,(H2,27,36)(H,29,32,33,34). The van der Waals surface area contributed by atoms with E-state index >= 15 is 0 Å². The van der Waals surface area contributed by atoms with Gasteiger partial charge >= 0.3 is 12.4 Å². The quantitative estimate of drug-likeness (QED) is 0.344. The average Bonchev–Trinajstić information content (AvgIpc) is 2.82. The summed E-state index contributed by atoms with van der Waals surface area (Å²) >= 11 is 0. The van der Waals surface area contributed by atoms with Crippen molar-refractivity contribution in [2.45, 2.75) is 19.0 Å². The van der Waals surface area contributed by atoms with Crippen LogP contribution in [-0.4, -0.2) is 40.9 Å². The number of hydrogen-bond donors (Lipinski definition) is 3. The Morgan fingerprint density at radius 1 is 0.917 bits per heavy atom. The van der Waals surface area contributed by atoms with Crippen LogP contribution in [0.15, 0.2) is 36.9 Å². The highest BCUT2D eigenvalue weighted by Crippen LogP contribution is 2.36. The molecule has 1 amide bonds. The molecule has 0 unspecified atom stereocenters. The predicted molar refractivity (Wildman–Crippen MR) is 110 cm³/mol. The maximum Gasteiger partial charge on any atom is 0.434 e. The molecule has 0 fully saturated rings. The number of carbonyl (C=O) groups excluding carboxylic acids is 1. The number of halogens is 6. The third kappa shape index (κ3) is 4.97. The van der Waals surface area contributed by atoms with Crippen LogP contribution in [0.1, 0.15) is 27.3 Å². The highest BCUT2D eigenvalue weighted by atomic mass is 19.4. The van der Waals surface area contributed by atoms with Crippen molar-refractivity contribution in [2.24, 2.45) is 5.73 Å². The van der Waals surface area contributed by atoms with Crippen molar-refractivity contribution in [2.75, 3.05) is 5.32 Å². The number of carbonyl (C=O) groups is 1. The minimum absolute atomic E-state index is 0.0000345. The molecule has 4 rings (SSSR count). The second-order valence-electron chi connectivity index (χ2n) is 7.14. The topological polar surface area (TPSA) is 153 Å². The lowest BCUT2D eigenvalue weighted by Gasteiger charge is -2.14. The summed E-state index contributed by atoms with van der Waals surface area (Å²) in [6.45, 7) is -0.603. The van der Waals surface area contributed by atoms with Gasteiger partial charge in [-0.1, -0.05) is 0 Å². The molecule has 0 spiro atoms. The largest absolute Gasteiger partial charge is 0.434 e. The van der Waals surface area contributed by atoms with Crippen LogP contribution in [-0.2, 0) is 19.0 Å². The first-order chi connectivity index (χ1) is 16.9. The lowest BCUT2D eigenvalue weighted by Crippen LogP contribution is -2.16. The fraction of sp³-hybridized carbons (Fsp3) is 0.150. The zero-order valence-electron chi connectivity index (χ0n) is 17.6. The van der Waals surface area contributed by atoms with E-state index in [4.69, 9.17) is 5.73 Å². The highest BCUT2D eigenvalue weighted by Gasteiger charge is 2.36. The molecule has 0 saturated heterocycles. The Labute approximate surface area is 196 Å². The second kappa shape index (κ2) is 8.95. The number of nitrogens with zero attached hydrogens (tertiary/aromatic N) is 6. The SMILES string of the molecule is NC(=O)c1cnc(-c2cnc3c(Nc4cnc(C(F)(F)F)cn4)cc(CO)nc3n2)c(C(F)(F)F)c1. The Morgan fingerprint density at radius 2 is 1.67 bits per heavy atom. The Morgan fingerprint density at radius 3 is 2.25 bits per heavy atom. The summed E-state index contributed by atoms with van der Waals surface area (Å²) in [6.07, 6.45) is -6.48. The maximum atomic E-state index is 13.6. The number of anilines is 2. The Kier molecular flexibility index (Phi) is 6.13. The van der Waals surface area contributed by atoms with E-state index in [1.54, 1.807) is 0 Å². The summed E-state index contributed by atoms with van der Waals surface area (Å²) in [5.41, 5.74) is 0.964. The molecule has 0 bridgehead atoms. The third-order valence-corrected chi connectivity index (χ3v) is 4.66. The number of primary amides is 1. The van der Waals surface area contributed by atoms with Crippen LogP contribution in [0, 0.1) is 0 Å². The molecule has 10 nitrogen and oxygen atoms in total. The van der Waals surface area contributed by atoms with Crippen LogP contribution in [0.25, 0.3) is 22.6 Å². The third-order valence-electron chi connectivity index (χ3n) is 4.66. The zero-order valence-corrected chi connectivity index (χ0v) is 17.6. The number of pyridine rings is 2. The van der Waals surface area contributed by atoms with E-state index in [0.29, 0.717) is 12.3 Å². The van der Waals surface area contributed by atoms with E-state index in [1.807, 2.05) is 0 Å². The van der Waals surface area contributed by atoms with Gasteiger partial charge in [0.15, 0.2) is 11.3 Å². The van der Waals surface area contributed by atoms with Crippen LogP contribution >= 0.6 is 0 Å². The maximum absolute atomic E-state index is 13.6. The van der Waals surface area contributed by atoms with Gasteiger partial charge in [0, 0.05) is 6.20 Å². The smallest absolute Gasteiger partial charge is 0.390 e. The summed E-state index contributed by atoms with van der Waals surface area (Å²) in [4.78, 5) is 34.1. The molecular formula is C20H12F6N8O2. The molecular weight excluding hydrogens is 498 g/mol. The van der Waals surface area contributed by atoms with Gasteiger partial charge in [0.25, 0.3) is 0 Å². The predicted octanol–water partition coefficient (Wildman–Crippen LogP) is 3.25. The first-order valence-electron chi connectivity index (χ1n) is 9.68. The van der Waals surface area contributed by atoms with Crippen molar-refractivity contribution in [1.29, 1.82) is 0 Å². The fourth-order valence-electron chi connectivity index (χ4n) is 3.04. The summed E-state index contributed by atoms with van der Waals surface area (Å²) in [6, 6.07) is 1.83. The average molecular weight is 510 g/mol. The lowest BCUT2D eigenvalue weighted by molar-refractivity contribution is -0.141. The van der Waals surface area contributed by atoms with Gasteiger partial charge in [-0.05, 0) is 12.1 Å². The van der Waals surface area contributed by atoms with E-state index in [0.717, 1.165) is 18.6 Å². The normalized spacial score (nSPS) is 12.1. The van der Waals surface area contributed by atoms with Gasteiger partial charge in [-0.3, -0.25) is 9.78 Å². The van der Waals surface area contributed by atoms with Crippen molar-refractivity contribution >= 4 is 28.6 Å². The minimum atomic E-state index is -4.92. The monoisotopic (exact) mass is 510 g/mol. The Hall–Kier alpha value is -4.47. The van der Waals surface area contributed by atoms with Gasteiger partial charge in [0.05, 0.1) is 47.7 Å². The van der Waals surface area contributed by atoms with Crippen molar-refractivity contribution in [3.8, 4) is 11.4 Å². The van der Waals surface area contributed by atoms with E-state index in [2.05, 4.69) is 35.2 Å².